The Morgan fingerprint density at radius 3 is 2.10 bits per heavy atom. The number of benzene rings is 2. The van der Waals surface area contributed by atoms with Crippen molar-refractivity contribution in [1.29, 1.82) is 0 Å². The summed E-state index contributed by atoms with van der Waals surface area (Å²) in [4.78, 5) is 12.4. The van der Waals surface area contributed by atoms with Crippen molar-refractivity contribution in [3.63, 3.8) is 0 Å². The topological polar surface area (TPSA) is 83.5 Å². The number of hydrogen-bond donors (Lipinski definition) is 1. The Hall–Kier alpha value is -3.09. The van der Waals surface area contributed by atoms with E-state index in [0.29, 0.717) is 42.4 Å². The summed E-state index contributed by atoms with van der Waals surface area (Å²) in [6.45, 7) is 0.357. The first-order valence-corrected chi connectivity index (χ1v) is 9.32. The predicted molar refractivity (Wildman–Crippen MR) is 106 cm³/mol. The van der Waals surface area contributed by atoms with Gasteiger partial charge in [-0.25, -0.2) is 0 Å². The molecule has 1 fully saturated rings. The van der Waals surface area contributed by atoms with Crippen LogP contribution in [0.5, 0.6) is 28.7 Å². The van der Waals surface area contributed by atoms with Crippen molar-refractivity contribution in [1.82, 2.24) is 0 Å². The molecule has 0 aromatic heterocycles. The fourth-order valence-electron chi connectivity index (χ4n) is 3.71. The van der Waals surface area contributed by atoms with Gasteiger partial charge >= 0.3 is 5.97 Å². The minimum Gasteiger partial charge on any atom is -0.504 e. The van der Waals surface area contributed by atoms with Gasteiger partial charge in [-0.05, 0) is 48.2 Å². The minimum absolute atomic E-state index is 0.00473. The second kappa shape index (κ2) is 8.94. The van der Waals surface area contributed by atoms with E-state index in [2.05, 4.69) is 0 Å². The first-order valence-electron chi connectivity index (χ1n) is 9.32. The average molecular weight is 402 g/mol. The summed E-state index contributed by atoms with van der Waals surface area (Å²) in [6.07, 6.45) is 1.13. The molecule has 29 heavy (non-hydrogen) atoms. The third-order valence-electron chi connectivity index (χ3n) is 5.23. The highest BCUT2D eigenvalue weighted by molar-refractivity contribution is 5.75. The molecule has 0 unspecified atom stereocenters. The summed E-state index contributed by atoms with van der Waals surface area (Å²) in [5, 5.41) is 9.79. The Labute approximate surface area is 170 Å². The van der Waals surface area contributed by atoms with Crippen LogP contribution in [0.3, 0.4) is 0 Å². The molecule has 1 heterocycles. The molecule has 156 valence electrons. The third-order valence-corrected chi connectivity index (χ3v) is 5.23. The lowest BCUT2D eigenvalue weighted by Gasteiger charge is -2.18. The molecule has 0 aliphatic carbocycles. The van der Waals surface area contributed by atoms with Crippen LogP contribution >= 0.6 is 0 Å². The summed E-state index contributed by atoms with van der Waals surface area (Å²) in [5.41, 5.74) is 1.87. The maximum atomic E-state index is 12.4. The van der Waals surface area contributed by atoms with Crippen molar-refractivity contribution >= 4 is 5.97 Å². The number of ether oxygens (including phenoxy) is 5. The number of cyclic esters (lactones) is 1. The highest BCUT2D eigenvalue weighted by atomic mass is 16.5. The summed E-state index contributed by atoms with van der Waals surface area (Å²) < 4.78 is 26.7. The van der Waals surface area contributed by atoms with Crippen LogP contribution in [0.25, 0.3) is 0 Å². The molecule has 7 nitrogen and oxygen atoms in total. The molecule has 0 radical (unpaired) electrons. The average Bonchev–Trinajstić information content (AvgIpc) is 3.07. The Morgan fingerprint density at radius 1 is 0.897 bits per heavy atom. The SMILES string of the molecule is COc1cc(C[C@H]2C(=O)OC[C@@H]2Cc2cc(OC)c(OC)c(OC)c2)ccc1O. The lowest BCUT2D eigenvalue weighted by Crippen LogP contribution is -2.20. The molecular weight excluding hydrogens is 376 g/mol. The van der Waals surface area contributed by atoms with Crippen LogP contribution in [0, 0.1) is 11.8 Å². The van der Waals surface area contributed by atoms with Crippen molar-refractivity contribution < 1.29 is 33.6 Å². The number of esters is 1. The molecule has 0 saturated carbocycles. The molecule has 0 spiro atoms. The smallest absolute Gasteiger partial charge is 0.309 e. The van der Waals surface area contributed by atoms with Gasteiger partial charge in [-0.3, -0.25) is 4.79 Å². The van der Waals surface area contributed by atoms with E-state index < -0.39 is 0 Å². The quantitative estimate of drug-likeness (QED) is 0.680. The normalized spacial score (nSPS) is 18.3. The van der Waals surface area contributed by atoms with Gasteiger partial charge in [-0.2, -0.15) is 0 Å². The van der Waals surface area contributed by atoms with Crippen LogP contribution in [0.1, 0.15) is 11.1 Å². The Balaban J connectivity index is 1.82. The lowest BCUT2D eigenvalue weighted by atomic mass is 9.85. The van der Waals surface area contributed by atoms with Gasteiger partial charge in [-0.1, -0.05) is 6.07 Å². The number of phenols is 1. The van der Waals surface area contributed by atoms with E-state index in [-0.39, 0.29) is 23.6 Å². The van der Waals surface area contributed by atoms with Crippen LogP contribution in [-0.2, 0) is 22.4 Å². The second-order valence-corrected chi connectivity index (χ2v) is 6.94. The molecule has 1 N–H and O–H groups in total. The van der Waals surface area contributed by atoms with Gasteiger partial charge in [0.2, 0.25) is 5.75 Å². The molecule has 2 atom stereocenters. The van der Waals surface area contributed by atoms with E-state index in [0.717, 1.165) is 11.1 Å². The van der Waals surface area contributed by atoms with Crippen LogP contribution in [0.2, 0.25) is 0 Å². The van der Waals surface area contributed by atoms with Crippen molar-refractivity contribution in [3.8, 4) is 28.7 Å². The van der Waals surface area contributed by atoms with Gasteiger partial charge in [0, 0.05) is 5.92 Å². The molecule has 1 saturated heterocycles. The van der Waals surface area contributed by atoms with E-state index in [9.17, 15) is 9.90 Å². The van der Waals surface area contributed by atoms with Crippen LogP contribution in [0.15, 0.2) is 30.3 Å². The first-order chi connectivity index (χ1) is 14.0. The van der Waals surface area contributed by atoms with Crippen molar-refractivity contribution in [2.45, 2.75) is 12.8 Å². The van der Waals surface area contributed by atoms with Gasteiger partial charge in [0.25, 0.3) is 0 Å². The van der Waals surface area contributed by atoms with Gasteiger partial charge in [0.05, 0.1) is 41.0 Å². The summed E-state index contributed by atoms with van der Waals surface area (Å²) in [7, 11) is 6.20. The largest absolute Gasteiger partial charge is 0.504 e. The maximum Gasteiger partial charge on any atom is 0.309 e. The minimum atomic E-state index is -0.289. The van der Waals surface area contributed by atoms with Crippen LogP contribution < -0.4 is 18.9 Å². The molecule has 1 aliphatic rings. The van der Waals surface area contributed by atoms with Crippen LogP contribution in [0.4, 0.5) is 0 Å². The number of phenolic OH excluding ortho intramolecular Hbond substituents is 1. The monoisotopic (exact) mass is 402 g/mol. The van der Waals surface area contributed by atoms with E-state index in [1.165, 1.54) is 7.11 Å². The lowest BCUT2D eigenvalue weighted by molar-refractivity contribution is -0.141. The number of hydrogen-bond acceptors (Lipinski definition) is 7. The Bertz CT molecular complexity index is 852. The van der Waals surface area contributed by atoms with Crippen molar-refractivity contribution in [3.05, 3.63) is 41.5 Å². The van der Waals surface area contributed by atoms with Gasteiger partial charge in [-0.15, -0.1) is 0 Å². The van der Waals surface area contributed by atoms with E-state index in [1.54, 1.807) is 39.5 Å². The fourth-order valence-corrected chi connectivity index (χ4v) is 3.71. The van der Waals surface area contributed by atoms with Crippen molar-refractivity contribution in [2.24, 2.45) is 11.8 Å². The molecule has 0 bridgehead atoms. The number of carbonyl (C=O) groups is 1. The zero-order valence-corrected chi connectivity index (χ0v) is 17.1. The van der Waals surface area contributed by atoms with E-state index in [1.807, 2.05) is 12.1 Å². The Kier molecular flexibility index (Phi) is 6.36. The Morgan fingerprint density at radius 2 is 1.52 bits per heavy atom. The second-order valence-electron chi connectivity index (χ2n) is 6.94. The highest BCUT2D eigenvalue weighted by Crippen LogP contribution is 2.40. The molecule has 0 amide bonds. The van der Waals surface area contributed by atoms with Gasteiger partial charge < -0.3 is 28.8 Å². The molecular formula is C22H26O7. The van der Waals surface area contributed by atoms with Gasteiger partial charge in [0.15, 0.2) is 23.0 Å². The zero-order valence-electron chi connectivity index (χ0n) is 17.1. The molecule has 2 aromatic rings. The van der Waals surface area contributed by atoms with E-state index in [4.69, 9.17) is 23.7 Å². The first kappa shape index (κ1) is 20.6. The number of rotatable bonds is 8. The number of carbonyl (C=O) groups excluding carboxylic acids is 1. The molecule has 7 heteroatoms. The molecule has 3 rings (SSSR count). The maximum absolute atomic E-state index is 12.4. The standard InChI is InChI=1S/C22H26O7/c1-25-18-9-13(5-6-17(18)23)8-16-15(12-29-22(16)24)7-14-10-19(26-2)21(28-4)20(11-14)27-3/h5-6,9-11,15-16,23H,7-8,12H2,1-4H3/t15-,16+/m0/s1. The van der Waals surface area contributed by atoms with E-state index >= 15 is 0 Å². The zero-order chi connectivity index (χ0) is 21.0. The number of methoxy groups -OCH3 is 4. The number of aromatic hydroxyl groups is 1. The van der Waals surface area contributed by atoms with Crippen molar-refractivity contribution in [2.75, 3.05) is 35.0 Å². The molecule has 2 aromatic carbocycles. The van der Waals surface area contributed by atoms with Crippen LogP contribution in [-0.4, -0.2) is 46.1 Å². The summed E-state index contributed by atoms with van der Waals surface area (Å²) in [6, 6.07) is 8.90. The predicted octanol–water partition coefficient (Wildman–Crippen LogP) is 3.00. The summed E-state index contributed by atoms with van der Waals surface area (Å²) in [5.74, 6) is 1.64. The van der Waals surface area contributed by atoms with Gasteiger partial charge in [0.1, 0.15) is 0 Å². The summed E-state index contributed by atoms with van der Waals surface area (Å²) >= 11 is 0. The third kappa shape index (κ3) is 4.34. The fraction of sp³-hybridized carbons (Fsp3) is 0.409. The highest BCUT2D eigenvalue weighted by Gasteiger charge is 2.37. The molecule has 1 aliphatic heterocycles.